The van der Waals surface area contributed by atoms with Gasteiger partial charge in [-0.3, -0.25) is 5.10 Å². The maximum Gasteiger partial charge on any atom is 0.244 e. The molecule has 18 heavy (non-hydrogen) atoms. The fourth-order valence-corrected chi connectivity index (χ4v) is 3.64. The summed E-state index contributed by atoms with van der Waals surface area (Å²) in [6.07, 6.45) is 0.812. The first-order valence-electron chi connectivity index (χ1n) is 5.84. The van der Waals surface area contributed by atoms with Crippen molar-refractivity contribution in [1.29, 1.82) is 0 Å². The molecule has 0 atom stereocenters. The first kappa shape index (κ1) is 15.5. The van der Waals surface area contributed by atoms with E-state index in [1.807, 2.05) is 0 Å². The van der Waals surface area contributed by atoms with Crippen molar-refractivity contribution in [2.75, 3.05) is 18.1 Å². The third kappa shape index (κ3) is 3.98. The van der Waals surface area contributed by atoms with Crippen LogP contribution in [0.2, 0.25) is 0 Å². The van der Waals surface area contributed by atoms with Crippen LogP contribution in [0.4, 0.5) is 0 Å². The third-order valence-corrected chi connectivity index (χ3v) is 5.03. The van der Waals surface area contributed by atoms with Crippen LogP contribution in [0.25, 0.3) is 0 Å². The molecule has 0 aliphatic carbocycles. The van der Waals surface area contributed by atoms with Crippen LogP contribution in [0, 0.1) is 6.92 Å². The quantitative estimate of drug-likeness (QED) is 0.609. The fourth-order valence-electron chi connectivity index (χ4n) is 1.56. The molecule has 1 aromatic rings. The third-order valence-electron chi connectivity index (χ3n) is 2.38. The van der Waals surface area contributed by atoms with Crippen LogP contribution in [0.15, 0.2) is 4.90 Å². The Kier molecular flexibility index (Phi) is 6.13. The number of aromatic nitrogens is 2. The second-order valence-corrected chi connectivity index (χ2v) is 6.87. The maximum absolute atomic E-state index is 12.1. The number of nitrogens with one attached hydrogen (secondary N) is 2. The maximum atomic E-state index is 12.1. The highest BCUT2D eigenvalue weighted by Gasteiger charge is 2.22. The Morgan fingerprint density at radius 2 is 2.22 bits per heavy atom. The molecule has 0 saturated carbocycles. The van der Waals surface area contributed by atoms with Crippen LogP contribution in [0.1, 0.15) is 24.7 Å². The zero-order chi connectivity index (χ0) is 13.6. The molecular formula is C10H20N4O2S2. The number of hydrogen-bond donors (Lipinski definition) is 3. The van der Waals surface area contributed by atoms with Gasteiger partial charge in [0.25, 0.3) is 0 Å². The summed E-state index contributed by atoms with van der Waals surface area (Å²) >= 11 is 1.79. The lowest BCUT2D eigenvalue weighted by atomic mass is 10.4. The number of aromatic amines is 1. The van der Waals surface area contributed by atoms with E-state index < -0.39 is 10.0 Å². The van der Waals surface area contributed by atoms with E-state index in [9.17, 15) is 8.42 Å². The molecule has 0 aliphatic rings. The van der Waals surface area contributed by atoms with Crippen LogP contribution in [0.5, 0.6) is 0 Å². The summed E-state index contributed by atoms with van der Waals surface area (Å²) in [5.74, 6) is 2.00. The molecule has 0 aliphatic heterocycles. The first-order chi connectivity index (χ1) is 8.53. The summed E-state index contributed by atoms with van der Waals surface area (Å²) in [5, 5.41) is 6.54. The molecule has 104 valence electrons. The van der Waals surface area contributed by atoms with Crippen molar-refractivity contribution in [2.45, 2.75) is 31.7 Å². The summed E-state index contributed by atoms with van der Waals surface area (Å²) in [6.45, 7) is 4.29. The lowest BCUT2D eigenvalue weighted by Gasteiger charge is -2.07. The minimum absolute atomic E-state index is 0.103. The summed E-state index contributed by atoms with van der Waals surface area (Å²) in [7, 11) is -3.51. The van der Waals surface area contributed by atoms with Gasteiger partial charge < -0.3 is 5.73 Å². The first-order valence-corrected chi connectivity index (χ1v) is 8.48. The number of aryl methyl sites for hydroxylation is 1. The number of nitrogens with zero attached hydrogens (tertiary/aromatic N) is 1. The molecule has 0 radical (unpaired) electrons. The lowest BCUT2D eigenvalue weighted by Crippen LogP contribution is -2.26. The van der Waals surface area contributed by atoms with Crippen molar-refractivity contribution in [3.05, 3.63) is 11.4 Å². The van der Waals surface area contributed by atoms with Crippen LogP contribution < -0.4 is 10.5 Å². The van der Waals surface area contributed by atoms with Crippen molar-refractivity contribution < 1.29 is 8.42 Å². The van der Waals surface area contributed by atoms with Crippen LogP contribution in [-0.4, -0.2) is 36.7 Å². The summed E-state index contributed by atoms with van der Waals surface area (Å²) in [4.78, 5) is 0.188. The van der Waals surface area contributed by atoms with Gasteiger partial charge in [0.15, 0.2) is 0 Å². The van der Waals surface area contributed by atoms with E-state index in [1.54, 1.807) is 18.7 Å². The Morgan fingerprint density at radius 3 is 2.83 bits per heavy atom. The van der Waals surface area contributed by atoms with Crippen LogP contribution in [-0.2, 0) is 16.6 Å². The van der Waals surface area contributed by atoms with Crippen molar-refractivity contribution in [1.82, 2.24) is 14.9 Å². The van der Waals surface area contributed by atoms with E-state index >= 15 is 0 Å². The Bertz CT molecular complexity index is 470. The molecule has 0 saturated heterocycles. The SMILES string of the molecule is CCSCCCNS(=O)(=O)c1c(CN)n[nH]c1C. The van der Waals surface area contributed by atoms with E-state index in [1.165, 1.54) is 0 Å². The molecule has 4 N–H and O–H groups in total. The van der Waals surface area contributed by atoms with E-state index in [2.05, 4.69) is 21.8 Å². The monoisotopic (exact) mass is 292 g/mol. The standard InChI is InChI=1S/C10H20N4O2S2/c1-3-17-6-4-5-12-18(15,16)10-8(2)13-14-9(10)7-11/h12H,3-7,11H2,1-2H3,(H,13,14). The van der Waals surface area contributed by atoms with Gasteiger partial charge in [0.05, 0.1) is 11.4 Å². The Labute approximate surface area is 112 Å². The van der Waals surface area contributed by atoms with Gasteiger partial charge in [-0.15, -0.1) is 0 Å². The van der Waals surface area contributed by atoms with Crippen LogP contribution >= 0.6 is 11.8 Å². The minimum atomic E-state index is -3.51. The Hall–Kier alpha value is -0.570. The van der Waals surface area contributed by atoms with Crippen molar-refractivity contribution in [3.8, 4) is 0 Å². The van der Waals surface area contributed by atoms with E-state index in [0.717, 1.165) is 17.9 Å². The van der Waals surface area contributed by atoms with Gasteiger partial charge in [-0.1, -0.05) is 6.92 Å². The average molecular weight is 292 g/mol. The molecule has 0 aromatic carbocycles. The van der Waals surface area contributed by atoms with Gasteiger partial charge in [0.2, 0.25) is 10.0 Å². The summed E-state index contributed by atoms with van der Waals surface area (Å²) in [6, 6.07) is 0. The minimum Gasteiger partial charge on any atom is -0.325 e. The van der Waals surface area contributed by atoms with E-state index in [-0.39, 0.29) is 11.4 Å². The van der Waals surface area contributed by atoms with E-state index in [0.29, 0.717) is 17.9 Å². The van der Waals surface area contributed by atoms with Crippen molar-refractivity contribution in [2.24, 2.45) is 5.73 Å². The largest absolute Gasteiger partial charge is 0.325 e. The van der Waals surface area contributed by atoms with Gasteiger partial charge in [-0.25, -0.2) is 13.1 Å². The predicted octanol–water partition coefficient (Wildman–Crippen LogP) is 0.598. The second kappa shape index (κ2) is 7.13. The van der Waals surface area contributed by atoms with Gasteiger partial charge >= 0.3 is 0 Å². The molecule has 0 unspecified atom stereocenters. The highest BCUT2D eigenvalue weighted by molar-refractivity contribution is 7.99. The van der Waals surface area contributed by atoms with Crippen molar-refractivity contribution >= 4 is 21.8 Å². The molecule has 6 nitrogen and oxygen atoms in total. The number of nitrogens with two attached hydrogens (primary N) is 1. The van der Waals surface area contributed by atoms with Gasteiger partial charge in [-0.05, 0) is 24.9 Å². The topological polar surface area (TPSA) is 101 Å². The predicted molar refractivity (Wildman–Crippen MR) is 74.0 cm³/mol. The van der Waals surface area contributed by atoms with Crippen LogP contribution in [0.3, 0.4) is 0 Å². The van der Waals surface area contributed by atoms with Crippen molar-refractivity contribution in [3.63, 3.8) is 0 Å². The average Bonchev–Trinajstić information content (AvgIpc) is 2.71. The molecular weight excluding hydrogens is 272 g/mol. The number of thioether (sulfide) groups is 1. The molecule has 1 heterocycles. The molecule has 1 aromatic heterocycles. The molecule has 0 amide bonds. The summed E-state index contributed by atoms with van der Waals surface area (Å²) in [5.41, 5.74) is 6.37. The van der Waals surface area contributed by atoms with E-state index in [4.69, 9.17) is 5.73 Å². The summed E-state index contributed by atoms with van der Waals surface area (Å²) < 4.78 is 26.8. The van der Waals surface area contributed by atoms with Gasteiger partial charge in [-0.2, -0.15) is 16.9 Å². The molecule has 8 heteroatoms. The van der Waals surface area contributed by atoms with Gasteiger partial charge in [0.1, 0.15) is 4.90 Å². The number of hydrogen-bond acceptors (Lipinski definition) is 5. The zero-order valence-corrected chi connectivity index (χ0v) is 12.3. The zero-order valence-electron chi connectivity index (χ0n) is 10.7. The number of H-pyrrole nitrogens is 1. The smallest absolute Gasteiger partial charge is 0.244 e. The highest BCUT2D eigenvalue weighted by Crippen LogP contribution is 2.16. The lowest BCUT2D eigenvalue weighted by molar-refractivity contribution is 0.579. The molecule has 0 fully saturated rings. The Morgan fingerprint density at radius 1 is 1.50 bits per heavy atom. The molecule has 1 rings (SSSR count). The van der Waals surface area contributed by atoms with Gasteiger partial charge in [0, 0.05) is 13.1 Å². The Balaban J connectivity index is 2.65. The normalized spacial score (nSPS) is 11.9. The molecule has 0 bridgehead atoms. The molecule has 0 spiro atoms. The number of rotatable bonds is 8. The highest BCUT2D eigenvalue weighted by atomic mass is 32.2. The number of sulfonamides is 1. The fraction of sp³-hybridized carbons (Fsp3) is 0.700. The second-order valence-electron chi connectivity index (χ2n) is 3.78.